The Hall–Kier alpha value is -1.55. The van der Waals surface area contributed by atoms with Crippen molar-refractivity contribution in [1.82, 2.24) is 15.3 Å². The Morgan fingerprint density at radius 2 is 2.29 bits per heavy atom. The van der Waals surface area contributed by atoms with Crippen molar-refractivity contribution in [2.75, 3.05) is 6.54 Å². The highest BCUT2D eigenvalue weighted by molar-refractivity contribution is 5.56. The first-order chi connectivity index (χ1) is 8.43. The summed E-state index contributed by atoms with van der Waals surface area (Å²) in [5.41, 5.74) is 2.08. The Morgan fingerprint density at radius 1 is 1.29 bits per heavy atom. The molecule has 4 heteroatoms. The molecule has 2 aromatic heterocycles. The molecule has 1 saturated heterocycles. The van der Waals surface area contributed by atoms with Crippen LogP contribution in [0.3, 0.4) is 0 Å². The molecule has 0 bridgehead atoms. The number of aromatic amines is 1. The molecular weight excluding hydrogens is 214 g/mol. The Bertz CT molecular complexity index is 453. The minimum Gasteiger partial charge on any atom is -0.472 e. The fourth-order valence-electron chi connectivity index (χ4n) is 2.34. The van der Waals surface area contributed by atoms with Crippen LogP contribution in [-0.2, 0) is 0 Å². The van der Waals surface area contributed by atoms with Crippen molar-refractivity contribution in [3.8, 4) is 11.3 Å². The lowest BCUT2D eigenvalue weighted by atomic mass is 10.1. The maximum atomic E-state index is 5.08. The predicted molar refractivity (Wildman–Crippen MR) is 65.5 cm³/mol. The Morgan fingerprint density at radius 3 is 3.18 bits per heavy atom. The summed E-state index contributed by atoms with van der Waals surface area (Å²) in [6.07, 6.45) is 10.3. The third kappa shape index (κ3) is 2.26. The van der Waals surface area contributed by atoms with Crippen molar-refractivity contribution in [3.05, 3.63) is 30.6 Å². The molecule has 0 aliphatic carbocycles. The zero-order valence-corrected chi connectivity index (χ0v) is 9.78. The monoisotopic (exact) mass is 231 g/mol. The van der Waals surface area contributed by atoms with Gasteiger partial charge in [-0.1, -0.05) is 12.8 Å². The summed E-state index contributed by atoms with van der Waals surface area (Å²) in [6.45, 7) is 1.09. The van der Waals surface area contributed by atoms with Crippen molar-refractivity contribution >= 4 is 0 Å². The number of imidazole rings is 1. The molecule has 1 fully saturated rings. The van der Waals surface area contributed by atoms with Crippen LogP contribution < -0.4 is 5.32 Å². The lowest BCUT2D eigenvalue weighted by molar-refractivity contribution is 0.512. The summed E-state index contributed by atoms with van der Waals surface area (Å²) < 4.78 is 5.08. The predicted octanol–water partition coefficient (Wildman–Crippen LogP) is 2.87. The van der Waals surface area contributed by atoms with Crippen LogP contribution in [0, 0.1) is 0 Å². The number of aromatic nitrogens is 2. The van der Waals surface area contributed by atoms with Crippen LogP contribution >= 0.6 is 0 Å². The standard InChI is InChI=1S/C13H17N3O/c1-2-4-11(14-6-3-1)13-15-8-12(16-13)10-5-7-17-9-10/h5,7-9,11,14H,1-4,6H2,(H,15,16). The van der Waals surface area contributed by atoms with Gasteiger partial charge >= 0.3 is 0 Å². The van der Waals surface area contributed by atoms with Gasteiger partial charge in [0.25, 0.3) is 0 Å². The summed E-state index contributed by atoms with van der Waals surface area (Å²) in [4.78, 5) is 7.86. The molecule has 0 aromatic carbocycles. The normalized spacial score (nSPS) is 21.3. The maximum Gasteiger partial charge on any atom is 0.123 e. The van der Waals surface area contributed by atoms with E-state index in [1.54, 1.807) is 12.5 Å². The van der Waals surface area contributed by atoms with E-state index in [9.17, 15) is 0 Å². The highest BCUT2D eigenvalue weighted by Crippen LogP contribution is 2.23. The quantitative estimate of drug-likeness (QED) is 0.835. The largest absolute Gasteiger partial charge is 0.472 e. The zero-order valence-electron chi connectivity index (χ0n) is 9.78. The molecule has 0 amide bonds. The first-order valence-corrected chi connectivity index (χ1v) is 6.24. The molecule has 90 valence electrons. The SMILES string of the molecule is c1cc(-c2cnc(C3CCCCCN3)[nH]2)co1. The lowest BCUT2D eigenvalue weighted by Gasteiger charge is -2.12. The van der Waals surface area contributed by atoms with Crippen molar-refractivity contribution in [3.63, 3.8) is 0 Å². The third-order valence-corrected chi connectivity index (χ3v) is 3.32. The maximum absolute atomic E-state index is 5.08. The molecule has 1 aliphatic heterocycles. The molecule has 17 heavy (non-hydrogen) atoms. The zero-order chi connectivity index (χ0) is 11.5. The van der Waals surface area contributed by atoms with E-state index < -0.39 is 0 Å². The highest BCUT2D eigenvalue weighted by atomic mass is 16.3. The molecule has 1 atom stereocenters. The van der Waals surface area contributed by atoms with E-state index in [0.29, 0.717) is 6.04 Å². The van der Waals surface area contributed by atoms with Gasteiger partial charge in [-0.05, 0) is 25.5 Å². The van der Waals surface area contributed by atoms with Gasteiger partial charge in [-0.25, -0.2) is 4.98 Å². The van der Waals surface area contributed by atoms with E-state index in [4.69, 9.17) is 4.42 Å². The minimum atomic E-state index is 0.373. The van der Waals surface area contributed by atoms with Gasteiger partial charge in [0.05, 0.1) is 30.5 Å². The molecule has 3 rings (SSSR count). The van der Waals surface area contributed by atoms with Crippen LogP contribution in [-0.4, -0.2) is 16.5 Å². The van der Waals surface area contributed by atoms with Crippen molar-refractivity contribution < 1.29 is 4.42 Å². The number of nitrogens with zero attached hydrogens (tertiary/aromatic N) is 1. The smallest absolute Gasteiger partial charge is 0.123 e. The van der Waals surface area contributed by atoms with Crippen LogP contribution in [0.15, 0.2) is 29.2 Å². The first kappa shape index (κ1) is 10.6. The van der Waals surface area contributed by atoms with Crippen molar-refractivity contribution in [2.45, 2.75) is 31.7 Å². The first-order valence-electron chi connectivity index (χ1n) is 6.24. The Balaban J connectivity index is 1.79. The Labute approximate surface area is 100 Å². The summed E-state index contributed by atoms with van der Waals surface area (Å²) in [6, 6.07) is 2.32. The van der Waals surface area contributed by atoms with Gasteiger partial charge in [-0.3, -0.25) is 0 Å². The molecule has 4 nitrogen and oxygen atoms in total. The molecule has 0 radical (unpaired) electrons. The second kappa shape index (κ2) is 4.75. The lowest BCUT2D eigenvalue weighted by Crippen LogP contribution is -2.21. The molecule has 0 spiro atoms. The summed E-state index contributed by atoms with van der Waals surface area (Å²) >= 11 is 0. The van der Waals surface area contributed by atoms with Gasteiger partial charge in [0, 0.05) is 5.56 Å². The molecule has 0 saturated carbocycles. The van der Waals surface area contributed by atoms with Crippen LogP contribution in [0.25, 0.3) is 11.3 Å². The second-order valence-corrected chi connectivity index (χ2v) is 4.55. The van der Waals surface area contributed by atoms with Crippen molar-refractivity contribution in [2.24, 2.45) is 0 Å². The Kier molecular flexibility index (Phi) is 2.96. The number of hydrogen-bond donors (Lipinski definition) is 2. The van der Waals surface area contributed by atoms with E-state index in [2.05, 4.69) is 15.3 Å². The summed E-state index contributed by atoms with van der Waals surface area (Å²) in [5.74, 6) is 1.04. The fourth-order valence-corrected chi connectivity index (χ4v) is 2.34. The van der Waals surface area contributed by atoms with Gasteiger partial charge in [-0.2, -0.15) is 0 Å². The van der Waals surface area contributed by atoms with E-state index in [1.807, 2.05) is 12.3 Å². The number of H-pyrrole nitrogens is 1. The van der Waals surface area contributed by atoms with Crippen LogP contribution in [0.4, 0.5) is 0 Å². The van der Waals surface area contributed by atoms with E-state index in [-0.39, 0.29) is 0 Å². The molecule has 1 aliphatic rings. The molecule has 3 heterocycles. The van der Waals surface area contributed by atoms with Gasteiger partial charge in [-0.15, -0.1) is 0 Å². The van der Waals surface area contributed by atoms with Gasteiger partial charge in [0.2, 0.25) is 0 Å². The van der Waals surface area contributed by atoms with Crippen LogP contribution in [0.1, 0.15) is 37.5 Å². The fraction of sp³-hybridized carbons (Fsp3) is 0.462. The number of furan rings is 1. The molecule has 2 aromatic rings. The second-order valence-electron chi connectivity index (χ2n) is 4.55. The number of rotatable bonds is 2. The average Bonchev–Trinajstić information content (AvgIpc) is 2.95. The van der Waals surface area contributed by atoms with E-state index in [0.717, 1.165) is 23.6 Å². The number of hydrogen-bond acceptors (Lipinski definition) is 3. The average molecular weight is 231 g/mol. The van der Waals surface area contributed by atoms with Crippen LogP contribution in [0.5, 0.6) is 0 Å². The van der Waals surface area contributed by atoms with Crippen LogP contribution in [0.2, 0.25) is 0 Å². The molecule has 1 unspecified atom stereocenters. The van der Waals surface area contributed by atoms with Crippen molar-refractivity contribution in [1.29, 1.82) is 0 Å². The molecular formula is C13H17N3O. The van der Waals surface area contributed by atoms with E-state index in [1.165, 1.54) is 25.7 Å². The van der Waals surface area contributed by atoms with Gasteiger partial charge in [0.15, 0.2) is 0 Å². The topological polar surface area (TPSA) is 53.9 Å². The number of nitrogens with one attached hydrogen (secondary N) is 2. The van der Waals surface area contributed by atoms with E-state index >= 15 is 0 Å². The molecule has 2 N–H and O–H groups in total. The third-order valence-electron chi connectivity index (χ3n) is 3.32. The van der Waals surface area contributed by atoms with Gasteiger partial charge < -0.3 is 14.7 Å². The highest BCUT2D eigenvalue weighted by Gasteiger charge is 2.16. The van der Waals surface area contributed by atoms with Gasteiger partial charge in [0.1, 0.15) is 5.82 Å². The summed E-state index contributed by atoms with van der Waals surface area (Å²) in [7, 11) is 0. The summed E-state index contributed by atoms with van der Waals surface area (Å²) in [5, 5.41) is 3.54. The minimum absolute atomic E-state index is 0.373.